The standard InChI is InChI=1S/C22H23Cl2FN4O2S/c1-3-29-20(5-4-10-31-19-9-6-15(23)11-14(19)2)27-28-22(29)32-13-21(30)26-16-7-8-18(25)17(24)12-16/h6-9,11-12H,3-5,10,13H2,1-2H3,(H,26,30). The van der Waals surface area contributed by atoms with E-state index in [2.05, 4.69) is 15.5 Å². The van der Waals surface area contributed by atoms with E-state index in [1.807, 2.05) is 36.6 Å². The number of aromatic nitrogens is 3. The predicted molar refractivity (Wildman–Crippen MR) is 126 cm³/mol. The summed E-state index contributed by atoms with van der Waals surface area (Å²) in [5.41, 5.74) is 1.43. The number of halogens is 3. The number of carbonyl (C=O) groups excluding carboxylic acids is 1. The first-order chi connectivity index (χ1) is 15.4. The highest BCUT2D eigenvalue weighted by molar-refractivity contribution is 7.99. The molecule has 0 saturated carbocycles. The van der Waals surface area contributed by atoms with Crippen molar-refractivity contribution in [2.75, 3.05) is 17.7 Å². The van der Waals surface area contributed by atoms with Crippen LogP contribution in [-0.4, -0.2) is 33.0 Å². The van der Waals surface area contributed by atoms with Gasteiger partial charge in [-0.2, -0.15) is 0 Å². The summed E-state index contributed by atoms with van der Waals surface area (Å²) in [6.45, 7) is 5.20. The molecule has 6 nitrogen and oxygen atoms in total. The van der Waals surface area contributed by atoms with E-state index in [0.717, 1.165) is 23.6 Å². The molecule has 2 aromatic carbocycles. The molecule has 3 rings (SSSR count). The molecule has 1 heterocycles. The Labute approximate surface area is 200 Å². The van der Waals surface area contributed by atoms with E-state index >= 15 is 0 Å². The molecule has 0 atom stereocenters. The van der Waals surface area contributed by atoms with Crippen LogP contribution in [0.4, 0.5) is 10.1 Å². The molecule has 0 aliphatic carbocycles. The van der Waals surface area contributed by atoms with Crippen molar-refractivity contribution in [3.63, 3.8) is 0 Å². The van der Waals surface area contributed by atoms with Gasteiger partial charge in [0.1, 0.15) is 17.4 Å². The van der Waals surface area contributed by atoms with Crippen LogP contribution < -0.4 is 10.1 Å². The Kier molecular flexibility index (Phi) is 8.78. The molecular formula is C22H23Cl2FN4O2S. The third-order valence-electron chi connectivity index (χ3n) is 4.58. The summed E-state index contributed by atoms with van der Waals surface area (Å²) in [6, 6.07) is 9.59. The van der Waals surface area contributed by atoms with E-state index in [9.17, 15) is 9.18 Å². The molecule has 0 bridgehead atoms. The van der Waals surface area contributed by atoms with Gasteiger partial charge in [-0.3, -0.25) is 4.79 Å². The molecule has 32 heavy (non-hydrogen) atoms. The highest BCUT2D eigenvalue weighted by Crippen LogP contribution is 2.23. The van der Waals surface area contributed by atoms with E-state index in [0.29, 0.717) is 35.4 Å². The molecule has 3 aromatic rings. The van der Waals surface area contributed by atoms with Crippen molar-refractivity contribution in [2.24, 2.45) is 0 Å². The largest absolute Gasteiger partial charge is 0.493 e. The number of aryl methyl sites for hydroxylation is 2. The molecule has 0 saturated heterocycles. The van der Waals surface area contributed by atoms with Crippen molar-refractivity contribution in [1.29, 1.82) is 0 Å². The fourth-order valence-electron chi connectivity index (χ4n) is 3.02. The first kappa shape index (κ1) is 24.4. The Bertz CT molecular complexity index is 1090. The fraction of sp³-hybridized carbons (Fsp3) is 0.318. The van der Waals surface area contributed by atoms with Crippen LogP contribution in [0.2, 0.25) is 10.0 Å². The lowest BCUT2D eigenvalue weighted by Crippen LogP contribution is -2.15. The minimum atomic E-state index is -0.531. The van der Waals surface area contributed by atoms with Crippen LogP contribution in [0.5, 0.6) is 5.75 Å². The van der Waals surface area contributed by atoms with Crippen LogP contribution in [0.3, 0.4) is 0 Å². The second kappa shape index (κ2) is 11.5. The van der Waals surface area contributed by atoms with Crippen LogP contribution in [0.1, 0.15) is 24.7 Å². The number of thioether (sulfide) groups is 1. The number of rotatable bonds is 10. The summed E-state index contributed by atoms with van der Waals surface area (Å²) in [5.74, 6) is 1.03. The quantitative estimate of drug-likeness (QED) is 0.284. The second-order valence-corrected chi connectivity index (χ2v) is 8.76. The molecule has 10 heteroatoms. The number of hydrogen-bond donors (Lipinski definition) is 1. The summed E-state index contributed by atoms with van der Waals surface area (Å²) in [4.78, 5) is 12.2. The van der Waals surface area contributed by atoms with Gasteiger partial charge >= 0.3 is 0 Å². The van der Waals surface area contributed by atoms with Gasteiger partial charge in [0.05, 0.1) is 17.4 Å². The van der Waals surface area contributed by atoms with E-state index in [4.69, 9.17) is 27.9 Å². The van der Waals surface area contributed by atoms with Gasteiger partial charge in [0.25, 0.3) is 0 Å². The minimum Gasteiger partial charge on any atom is -0.493 e. The number of anilines is 1. The van der Waals surface area contributed by atoms with Gasteiger partial charge in [-0.1, -0.05) is 35.0 Å². The molecule has 1 N–H and O–H groups in total. The molecule has 1 aromatic heterocycles. The number of nitrogens with one attached hydrogen (secondary N) is 1. The second-order valence-electron chi connectivity index (χ2n) is 6.97. The Morgan fingerprint density at radius 1 is 1.22 bits per heavy atom. The van der Waals surface area contributed by atoms with Gasteiger partial charge in [-0.15, -0.1) is 10.2 Å². The monoisotopic (exact) mass is 496 g/mol. The van der Waals surface area contributed by atoms with Crippen LogP contribution >= 0.6 is 35.0 Å². The van der Waals surface area contributed by atoms with Gasteiger partial charge in [0, 0.05) is 23.7 Å². The Morgan fingerprint density at radius 2 is 2.03 bits per heavy atom. The summed E-state index contributed by atoms with van der Waals surface area (Å²) < 4.78 is 21.1. The maximum absolute atomic E-state index is 13.2. The van der Waals surface area contributed by atoms with Gasteiger partial charge in [-0.05, 0) is 62.2 Å². The lowest BCUT2D eigenvalue weighted by molar-refractivity contribution is -0.113. The van der Waals surface area contributed by atoms with E-state index < -0.39 is 5.82 Å². The molecule has 0 aliphatic heterocycles. The zero-order valence-corrected chi connectivity index (χ0v) is 20.0. The predicted octanol–water partition coefficient (Wildman–Crippen LogP) is 5.79. The number of ether oxygens (including phenoxy) is 1. The average molecular weight is 497 g/mol. The van der Waals surface area contributed by atoms with E-state index in [-0.39, 0.29) is 16.7 Å². The maximum atomic E-state index is 13.2. The summed E-state index contributed by atoms with van der Waals surface area (Å²) in [6.07, 6.45) is 1.48. The first-order valence-corrected chi connectivity index (χ1v) is 11.8. The molecular weight excluding hydrogens is 474 g/mol. The fourth-order valence-corrected chi connectivity index (χ4v) is 4.25. The number of nitrogens with zero attached hydrogens (tertiary/aromatic N) is 3. The summed E-state index contributed by atoms with van der Waals surface area (Å²) >= 11 is 13.0. The molecule has 1 amide bonds. The van der Waals surface area contributed by atoms with Crippen molar-refractivity contribution in [3.8, 4) is 5.75 Å². The topological polar surface area (TPSA) is 69.0 Å². The van der Waals surface area contributed by atoms with Gasteiger partial charge in [0.15, 0.2) is 5.16 Å². The Morgan fingerprint density at radius 3 is 2.75 bits per heavy atom. The maximum Gasteiger partial charge on any atom is 0.234 e. The first-order valence-electron chi connectivity index (χ1n) is 10.1. The number of hydrogen-bond acceptors (Lipinski definition) is 5. The lowest BCUT2D eigenvalue weighted by Gasteiger charge is -2.10. The van der Waals surface area contributed by atoms with E-state index in [1.165, 1.54) is 30.0 Å². The van der Waals surface area contributed by atoms with Crippen molar-refractivity contribution in [3.05, 3.63) is 63.6 Å². The molecule has 0 fully saturated rings. The number of benzene rings is 2. The highest BCUT2D eigenvalue weighted by atomic mass is 35.5. The average Bonchev–Trinajstić information content (AvgIpc) is 3.15. The highest BCUT2D eigenvalue weighted by Gasteiger charge is 2.14. The van der Waals surface area contributed by atoms with E-state index in [1.54, 1.807) is 0 Å². The van der Waals surface area contributed by atoms with Crippen molar-refractivity contribution in [1.82, 2.24) is 14.8 Å². The van der Waals surface area contributed by atoms with Crippen LogP contribution in [0.15, 0.2) is 41.6 Å². The van der Waals surface area contributed by atoms with Gasteiger partial charge < -0.3 is 14.6 Å². The summed E-state index contributed by atoms with van der Waals surface area (Å²) in [5, 5.41) is 12.5. The zero-order valence-electron chi connectivity index (χ0n) is 17.7. The SMILES string of the molecule is CCn1c(CCCOc2ccc(Cl)cc2C)nnc1SCC(=O)Nc1ccc(F)c(Cl)c1. The minimum absolute atomic E-state index is 0.0407. The summed E-state index contributed by atoms with van der Waals surface area (Å²) in [7, 11) is 0. The molecule has 0 radical (unpaired) electrons. The normalized spacial score (nSPS) is 10.9. The van der Waals surface area contributed by atoms with Crippen LogP contribution in [0.25, 0.3) is 0 Å². The Hall–Kier alpha value is -2.29. The van der Waals surface area contributed by atoms with Crippen LogP contribution in [0, 0.1) is 12.7 Å². The zero-order chi connectivity index (χ0) is 23.1. The number of amides is 1. The number of carbonyl (C=O) groups is 1. The molecule has 0 aliphatic rings. The molecule has 0 spiro atoms. The smallest absolute Gasteiger partial charge is 0.234 e. The third-order valence-corrected chi connectivity index (χ3v) is 6.08. The van der Waals surface area contributed by atoms with Crippen molar-refractivity contribution in [2.45, 2.75) is 38.4 Å². The molecule has 0 unspecified atom stereocenters. The van der Waals surface area contributed by atoms with Gasteiger partial charge in [-0.25, -0.2) is 4.39 Å². The third kappa shape index (κ3) is 6.60. The van der Waals surface area contributed by atoms with Crippen molar-refractivity contribution < 1.29 is 13.9 Å². The Balaban J connectivity index is 1.49. The van der Waals surface area contributed by atoms with Crippen LogP contribution in [-0.2, 0) is 17.8 Å². The van der Waals surface area contributed by atoms with Crippen molar-refractivity contribution >= 4 is 46.6 Å². The van der Waals surface area contributed by atoms with Gasteiger partial charge in [0.2, 0.25) is 5.91 Å². The lowest BCUT2D eigenvalue weighted by atomic mass is 10.2. The molecule has 170 valence electrons.